The van der Waals surface area contributed by atoms with E-state index in [1.807, 2.05) is 18.2 Å². The van der Waals surface area contributed by atoms with Crippen LogP contribution in [-0.2, 0) is 4.79 Å². The van der Waals surface area contributed by atoms with E-state index in [2.05, 4.69) is 18.2 Å². The molecule has 1 amide bonds. The molecule has 1 atom stereocenters. The number of hydrogen-bond donors (Lipinski definition) is 1. The van der Waals surface area contributed by atoms with Crippen molar-refractivity contribution in [1.82, 2.24) is 0 Å². The zero-order valence-corrected chi connectivity index (χ0v) is 15.4. The maximum absolute atomic E-state index is 12.6. The largest absolute Gasteiger partial charge is 0.486 e. The molecule has 0 saturated heterocycles. The third kappa shape index (κ3) is 2.86. The first kappa shape index (κ1) is 17.0. The molecule has 0 saturated carbocycles. The highest BCUT2D eigenvalue weighted by Crippen LogP contribution is 2.40. The Kier molecular flexibility index (Phi) is 4.13. The Morgan fingerprint density at radius 1 is 1.00 bits per heavy atom. The molecule has 0 fully saturated rings. The lowest BCUT2D eigenvalue weighted by Gasteiger charge is -2.28. The summed E-state index contributed by atoms with van der Waals surface area (Å²) in [6, 6.07) is 13.8. The highest BCUT2D eigenvalue weighted by atomic mass is 16.6. The third-order valence-corrected chi connectivity index (χ3v) is 5.55. The molecule has 1 N–H and O–H groups in total. The molecule has 6 nitrogen and oxygen atoms in total. The number of ether oxygens (including phenoxy) is 2. The summed E-state index contributed by atoms with van der Waals surface area (Å²) in [4.78, 5) is 27.9. The van der Waals surface area contributed by atoms with Crippen LogP contribution in [0.5, 0.6) is 11.5 Å². The summed E-state index contributed by atoms with van der Waals surface area (Å²) >= 11 is 0. The van der Waals surface area contributed by atoms with E-state index < -0.39 is 11.7 Å². The zero-order valence-electron chi connectivity index (χ0n) is 15.4. The number of nitrogens with zero attached hydrogens (tertiary/aromatic N) is 1. The van der Waals surface area contributed by atoms with Gasteiger partial charge in [0.15, 0.2) is 18.2 Å². The zero-order chi connectivity index (χ0) is 19.1. The van der Waals surface area contributed by atoms with Crippen LogP contribution in [-0.4, -0.2) is 44.7 Å². The van der Waals surface area contributed by atoms with Crippen LogP contribution in [0.2, 0.25) is 0 Å². The van der Waals surface area contributed by atoms with Gasteiger partial charge >= 0.3 is 5.91 Å². The number of carbonyl (C=O) groups excluding carboxylic acids is 2. The van der Waals surface area contributed by atoms with Crippen molar-refractivity contribution in [3.8, 4) is 11.5 Å². The van der Waals surface area contributed by atoms with Crippen molar-refractivity contribution in [3.63, 3.8) is 0 Å². The summed E-state index contributed by atoms with van der Waals surface area (Å²) in [6.07, 6.45) is 3.19. The fraction of sp³-hybridized carbons (Fsp3) is 0.273. The molecule has 3 aliphatic rings. The van der Waals surface area contributed by atoms with Crippen LogP contribution in [0.25, 0.3) is 5.57 Å². The third-order valence-electron chi connectivity index (χ3n) is 5.55. The number of nitrogens with one attached hydrogen (secondary N) is 1. The Morgan fingerprint density at radius 2 is 1.75 bits per heavy atom. The van der Waals surface area contributed by atoms with Gasteiger partial charge < -0.3 is 14.4 Å². The van der Waals surface area contributed by atoms with Gasteiger partial charge in [0.2, 0.25) is 0 Å². The fourth-order valence-electron chi connectivity index (χ4n) is 4.05. The molecule has 0 aliphatic carbocycles. The van der Waals surface area contributed by atoms with Gasteiger partial charge in [-0.2, -0.15) is 0 Å². The second kappa shape index (κ2) is 6.80. The van der Waals surface area contributed by atoms with Gasteiger partial charge in [-0.05, 0) is 23.3 Å². The molecule has 0 bridgehead atoms. The van der Waals surface area contributed by atoms with Crippen molar-refractivity contribution >= 4 is 23.0 Å². The summed E-state index contributed by atoms with van der Waals surface area (Å²) in [7, 11) is 0. The van der Waals surface area contributed by atoms with Crippen molar-refractivity contribution in [2.24, 2.45) is 0 Å². The van der Waals surface area contributed by atoms with E-state index in [-0.39, 0.29) is 0 Å². The summed E-state index contributed by atoms with van der Waals surface area (Å²) in [6.45, 7) is 3.13. The minimum Gasteiger partial charge on any atom is -0.486 e. The summed E-state index contributed by atoms with van der Waals surface area (Å²) < 4.78 is 11.2. The fourth-order valence-corrected chi connectivity index (χ4v) is 4.05. The van der Waals surface area contributed by atoms with E-state index >= 15 is 0 Å². The van der Waals surface area contributed by atoms with E-state index in [1.165, 1.54) is 16.0 Å². The first-order chi connectivity index (χ1) is 13.7. The molecule has 142 valence electrons. The monoisotopic (exact) mass is 377 g/mol. The van der Waals surface area contributed by atoms with Gasteiger partial charge in [-0.25, -0.2) is 0 Å². The molecular formula is C22H21N2O4+. The number of rotatable bonds is 3. The number of fused-ring (bicyclic) bond motifs is 2. The maximum Gasteiger partial charge on any atom is 0.303 e. The lowest BCUT2D eigenvalue weighted by molar-refractivity contribution is -0.893. The van der Waals surface area contributed by atoms with Gasteiger partial charge in [0, 0.05) is 12.5 Å². The first-order valence-electron chi connectivity index (χ1n) is 9.58. The molecule has 2 aromatic rings. The SMILES string of the molecule is O=C1C(=O)N(C[NH+]2CC=C(c3ccccc3)CC2)c2cc3c(cc21)OCCO3. The van der Waals surface area contributed by atoms with E-state index in [9.17, 15) is 9.59 Å². The molecule has 3 heterocycles. The molecule has 1 unspecified atom stereocenters. The van der Waals surface area contributed by atoms with Crippen molar-refractivity contribution in [2.75, 3.05) is 37.9 Å². The average molecular weight is 377 g/mol. The molecule has 6 heteroatoms. The van der Waals surface area contributed by atoms with Gasteiger partial charge in [-0.3, -0.25) is 14.5 Å². The number of hydrogen-bond acceptors (Lipinski definition) is 4. The quantitative estimate of drug-likeness (QED) is 0.820. The minimum absolute atomic E-state index is 0.408. The maximum atomic E-state index is 12.6. The van der Waals surface area contributed by atoms with Crippen LogP contribution < -0.4 is 19.3 Å². The molecule has 28 heavy (non-hydrogen) atoms. The predicted octanol–water partition coefficient (Wildman–Crippen LogP) is 1.32. The number of ketones is 1. The van der Waals surface area contributed by atoms with Crippen LogP contribution in [0.15, 0.2) is 48.5 Å². The average Bonchev–Trinajstić information content (AvgIpc) is 2.98. The van der Waals surface area contributed by atoms with Gasteiger partial charge in [-0.15, -0.1) is 0 Å². The second-order valence-corrected chi connectivity index (χ2v) is 7.28. The normalized spacial score (nSPS) is 20.8. The van der Waals surface area contributed by atoms with E-state index in [1.54, 1.807) is 17.0 Å². The molecule has 0 radical (unpaired) electrons. The Labute approximate surface area is 163 Å². The standard InChI is InChI=1S/C22H20N2O4/c25-21-17-12-19-20(28-11-10-27-19)13-18(17)24(22(21)26)14-23-8-6-16(7-9-23)15-4-2-1-3-5-15/h1-6,12-13H,7-11,14H2/p+1. The smallest absolute Gasteiger partial charge is 0.303 e. The van der Waals surface area contributed by atoms with E-state index in [0.29, 0.717) is 42.6 Å². The van der Waals surface area contributed by atoms with Crippen LogP contribution in [0.1, 0.15) is 22.3 Å². The molecule has 0 aromatic heterocycles. The van der Waals surface area contributed by atoms with Gasteiger partial charge in [0.1, 0.15) is 13.2 Å². The lowest BCUT2D eigenvalue weighted by Crippen LogP contribution is -3.14. The summed E-state index contributed by atoms with van der Waals surface area (Å²) in [5.41, 5.74) is 3.63. The predicted molar refractivity (Wildman–Crippen MR) is 104 cm³/mol. The van der Waals surface area contributed by atoms with Crippen LogP contribution in [0.3, 0.4) is 0 Å². The Balaban J connectivity index is 1.36. The molecule has 5 rings (SSSR count). The first-order valence-corrected chi connectivity index (χ1v) is 9.58. The van der Waals surface area contributed by atoms with Crippen molar-refractivity contribution in [3.05, 3.63) is 59.7 Å². The number of Topliss-reactive ketones (excluding diaryl/α,β-unsaturated/α-hetero) is 1. The van der Waals surface area contributed by atoms with Crippen molar-refractivity contribution < 1.29 is 24.0 Å². The lowest BCUT2D eigenvalue weighted by atomic mass is 10.00. The highest BCUT2D eigenvalue weighted by molar-refractivity contribution is 6.52. The van der Waals surface area contributed by atoms with Crippen LogP contribution in [0, 0.1) is 0 Å². The number of anilines is 1. The summed E-state index contributed by atoms with van der Waals surface area (Å²) in [5, 5.41) is 0. The van der Waals surface area contributed by atoms with Gasteiger partial charge in [0.05, 0.1) is 24.3 Å². The van der Waals surface area contributed by atoms with Crippen molar-refractivity contribution in [2.45, 2.75) is 6.42 Å². The van der Waals surface area contributed by atoms with Crippen LogP contribution in [0.4, 0.5) is 5.69 Å². The highest BCUT2D eigenvalue weighted by Gasteiger charge is 2.39. The second-order valence-electron chi connectivity index (χ2n) is 7.28. The number of carbonyl (C=O) groups is 2. The van der Waals surface area contributed by atoms with Gasteiger partial charge in [-0.1, -0.05) is 30.3 Å². The number of benzene rings is 2. The van der Waals surface area contributed by atoms with E-state index in [0.717, 1.165) is 19.5 Å². The molecule has 3 aliphatic heterocycles. The van der Waals surface area contributed by atoms with Crippen LogP contribution >= 0.6 is 0 Å². The van der Waals surface area contributed by atoms with Gasteiger partial charge in [0.25, 0.3) is 5.78 Å². The van der Waals surface area contributed by atoms with E-state index in [4.69, 9.17) is 9.47 Å². The Morgan fingerprint density at radius 3 is 2.46 bits per heavy atom. The molecule has 2 aromatic carbocycles. The topological polar surface area (TPSA) is 60.3 Å². The Bertz CT molecular complexity index is 984. The van der Waals surface area contributed by atoms with Crippen molar-refractivity contribution in [1.29, 1.82) is 0 Å². The number of amides is 1. The summed E-state index contributed by atoms with van der Waals surface area (Å²) in [5.74, 6) is 0.192. The Hall–Kier alpha value is -3.12. The molecule has 0 spiro atoms. The number of quaternary nitrogens is 1. The molecular weight excluding hydrogens is 356 g/mol. The minimum atomic E-state index is -0.470.